The Morgan fingerprint density at radius 1 is 1.28 bits per heavy atom. The summed E-state index contributed by atoms with van der Waals surface area (Å²) in [5.74, 6) is -2.41. The molecule has 0 aliphatic heterocycles. The number of halogens is 2. The highest BCUT2D eigenvalue weighted by atomic mass is 19.2. The Bertz CT molecular complexity index is 435. The molecular weight excluding hydrogens is 243 g/mol. The van der Waals surface area contributed by atoms with E-state index in [2.05, 4.69) is 4.98 Å². The SMILES string of the molecule is CC(C)(O)C(C)(C)OB(O)c1cnc(F)c(F)c1. The first-order valence-corrected chi connectivity index (χ1v) is 5.44. The van der Waals surface area contributed by atoms with Crippen molar-refractivity contribution in [2.45, 2.75) is 38.9 Å². The van der Waals surface area contributed by atoms with E-state index in [1.54, 1.807) is 13.8 Å². The summed E-state index contributed by atoms with van der Waals surface area (Å²) in [4.78, 5) is 3.15. The lowest BCUT2D eigenvalue weighted by atomic mass is 9.77. The zero-order valence-corrected chi connectivity index (χ0v) is 10.7. The number of aromatic nitrogens is 1. The molecule has 0 bridgehead atoms. The molecule has 0 atom stereocenters. The Morgan fingerprint density at radius 3 is 2.28 bits per heavy atom. The second kappa shape index (κ2) is 4.91. The molecular formula is C11H16BF2NO3. The van der Waals surface area contributed by atoms with E-state index in [-0.39, 0.29) is 5.46 Å². The molecule has 0 aliphatic carbocycles. The molecule has 0 radical (unpaired) electrons. The summed E-state index contributed by atoms with van der Waals surface area (Å²) in [6, 6.07) is 0.799. The maximum atomic E-state index is 13.0. The van der Waals surface area contributed by atoms with E-state index in [1.807, 2.05) is 0 Å². The summed E-state index contributed by atoms with van der Waals surface area (Å²) in [6.07, 6.45) is 0.976. The molecule has 0 saturated heterocycles. The molecule has 4 nitrogen and oxygen atoms in total. The van der Waals surface area contributed by atoms with Gasteiger partial charge in [-0.2, -0.15) is 4.39 Å². The molecule has 1 aromatic rings. The molecule has 18 heavy (non-hydrogen) atoms. The van der Waals surface area contributed by atoms with Gasteiger partial charge in [-0.1, -0.05) is 0 Å². The summed E-state index contributed by atoms with van der Waals surface area (Å²) in [5.41, 5.74) is -2.33. The van der Waals surface area contributed by atoms with E-state index in [0.29, 0.717) is 0 Å². The van der Waals surface area contributed by atoms with Crippen LogP contribution < -0.4 is 5.46 Å². The first kappa shape index (κ1) is 15.0. The molecule has 7 heteroatoms. The first-order chi connectivity index (χ1) is 8.04. The van der Waals surface area contributed by atoms with Gasteiger partial charge in [0.1, 0.15) is 0 Å². The fraction of sp³-hybridized carbons (Fsp3) is 0.545. The molecule has 0 fully saturated rings. The normalized spacial score (nSPS) is 12.7. The summed E-state index contributed by atoms with van der Waals surface area (Å²) in [6.45, 7) is 6.18. The van der Waals surface area contributed by atoms with Crippen LogP contribution in [-0.4, -0.2) is 33.4 Å². The molecule has 0 saturated carbocycles. The molecule has 0 unspecified atom stereocenters. The van der Waals surface area contributed by atoms with E-state index in [1.165, 1.54) is 13.8 Å². The van der Waals surface area contributed by atoms with Crippen LogP contribution in [0.2, 0.25) is 0 Å². The quantitative estimate of drug-likeness (QED) is 0.614. The van der Waals surface area contributed by atoms with Crippen molar-refractivity contribution in [2.75, 3.05) is 0 Å². The van der Waals surface area contributed by atoms with Crippen molar-refractivity contribution in [3.63, 3.8) is 0 Å². The van der Waals surface area contributed by atoms with Crippen LogP contribution >= 0.6 is 0 Å². The Hall–Kier alpha value is -1.05. The largest absolute Gasteiger partial charge is 0.493 e. The van der Waals surface area contributed by atoms with Gasteiger partial charge < -0.3 is 14.8 Å². The minimum absolute atomic E-state index is 0.0220. The highest BCUT2D eigenvalue weighted by Crippen LogP contribution is 2.25. The maximum Gasteiger partial charge on any atom is 0.493 e. The average molecular weight is 259 g/mol. The highest BCUT2D eigenvalue weighted by Gasteiger charge is 2.39. The molecule has 0 aliphatic rings. The Morgan fingerprint density at radius 2 is 1.83 bits per heavy atom. The minimum atomic E-state index is -1.51. The summed E-state index contributed by atoms with van der Waals surface area (Å²) >= 11 is 0. The predicted octanol–water partition coefficient (Wildman–Crippen LogP) is 0.613. The van der Waals surface area contributed by atoms with E-state index in [9.17, 15) is 18.9 Å². The van der Waals surface area contributed by atoms with E-state index in [4.69, 9.17) is 4.65 Å². The molecule has 0 amide bonds. The van der Waals surface area contributed by atoms with Gasteiger partial charge in [-0.05, 0) is 33.8 Å². The van der Waals surface area contributed by atoms with Gasteiger partial charge in [0.25, 0.3) is 0 Å². The zero-order valence-electron chi connectivity index (χ0n) is 10.7. The number of aliphatic hydroxyl groups is 1. The van der Waals surface area contributed by atoms with Crippen molar-refractivity contribution in [3.05, 3.63) is 24.0 Å². The van der Waals surface area contributed by atoms with Gasteiger partial charge >= 0.3 is 7.12 Å². The molecule has 1 aromatic heterocycles. The van der Waals surface area contributed by atoms with Gasteiger partial charge in [0.05, 0.1) is 11.2 Å². The van der Waals surface area contributed by atoms with Crippen molar-refractivity contribution < 1.29 is 23.6 Å². The second-order valence-corrected chi connectivity index (χ2v) is 5.08. The topological polar surface area (TPSA) is 62.6 Å². The van der Waals surface area contributed by atoms with E-state index in [0.717, 1.165) is 12.3 Å². The third-order valence-corrected chi connectivity index (χ3v) is 2.98. The lowest BCUT2D eigenvalue weighted by molar-refractivity contribution is -0.0982. The van der Waals surface area contributed by atoms with Crippen molar-refractivity contribution in [3.8, 4) is 0 Å². The number of hydrogen-bond donors (Lipinski definition) is 2. The smallest absolute Gasteiger partial charge is 0.423 e. The van der Waals surface area contributed by atoms with Gasteiger partial charge in [0.15, 0.2) is 5.82 Å². The van der Waals surface area contributed by atoms with Crippen molar-refractivity contribution in [1.29, 1.82) is 0 Å². The minimum Gasteiger partial charge on any atom is -0.423 e. The number of pyridine rings is 1. The Balaban J connectivity index is 2.89. The molecule has 100 valence electrons. The molecule has 0 spiro atoms. The Kier molecular flexibility index (Phi) is 4.10. The van der Waals surface area contributed by atoms with Gasteiger partial charge in [0, 0.05) is 11.7 Å². The zero-order chi connectivity index (χ0) is 14.1. The lowest BCUT2D eigenvalue weighted by Gasteiger charge is -2.38. The first-order valence-electron chi connectivity index (χ1n) is 5.44. The van der Waals surface area contributed by atoms with Crippen LogP contribution in [0.5, 0.6) is 0 Å². The molecule has 0 aromatic carbocycles. The average Bonchev–Trinajstić information content (AvgIpc) is 2.19. The second-order valence-electron chi connectivity index (χ2n) is 5.08. The van der Waals surface area contributed by atoms with Gasteiger partial charge in [-0.25, -0.2) is 9.37 Å². The third-order valence-electron chi connectivity index (χ3n) is 2.98. The monoisotopic (exact) mass is 259 g/mol. The third kappa shape index (κ3) is 3.25. The van der Waals surface area contributed by atoms with Crippen LogP contribution in [0, 0.1) is 11.8 Å². The number of rotatable bonds is 4. The van der Waals surface area contributed by atoms with E-state index >= 15 is 0 Å². The summed E-state index contributed by atoms with van der Waals surface area (Å²) < 4.78 is 30.9. The van der Waals surface area contributed by atoms with Gasteiger partial charge in [0.2, 0.25) is 5.95 Å². The van der Waals surface area contributed by atoms with Crippen molar-refractivity contribution >= 4 is 12.6 Å². The molecule has 2 N–H and O–H groups in total. The number of hydrogen-bond acceptors (Lipinski definition) is 4. The Labute approximate surface area is 105 Å². The maximum absolute atomic E-state index is 13.0. The van der Waals surface area contributed by atoms with Crippen LogP contribution in [-0.2, 0) is 4.65 Å². The van der Waals surface area contributed by atoms with Crippen molar-refractivity contribution in [2.24, 2.45) is 0 Å². The van der Waals surface area contributed by atoms with Crippen LogP contribution in [0.4, 0.5) is 8.78 Å². The standard InChI is InChI=1S/C11H16BF2NO3/c1-10(2,16)11(3,4)18-12(17)7-5-8(13)9(14)15-6-7/h5-6,16-17H,1-4H3. The fourth-order valence-electron chi connectivity index (χ4n) is 1.06. The van der Waals surface area contributed by atoms with E-state index < -0.39 is 30.1 Å². The van der Waals surface area contributed by atoms with Crippen LogP contribution in [0.25, 0.3) is 0 Å². The van der Waals surface area contributed by atoms with Crippen LogP contribution in [0.1, 0.15) is 27.7 Å². The predicted molar refractivity (Wildman–Crippen MR) is 63.2 cm³/mol. The van der Waals surface area contributed by atoms with Crippen LogP contribution in [0.15, 0.2) is 12.3 Å². The summed E-state index contributed by atoms with van der Waals surface area (Å²) in [7, 11) is -1.51. The molecule has 1 rings (SSSR count). The summed E-state index contributed by atoms with van der Waals surface area (Å²) in [5, 5.41) is 19.6. The van der Waals surface area contributed by atoms with Crippen LogP contribution in [0.3, 0.4) is 0 Å². The highest BCUT2D eigenvalue weighted by molar-refractivity contribution is 6.60. The fourth-order valence-corrected chi connectivity index (χ4v) is 1.06. The lowest BCUT2D eigenvalue weighted by Crippen LogP contribution is -2.53. The van der Waals surface area contributed by atoms with Gasteiger partial charge in [-0.3, -0.25) is 0 Å². The van der Waals surface area contributed by atoms with Gasteiger partial charge in [-0.15, -0.1) is 0 Å². The molecule has 1 heterocycles. The number of nitrogens with zero attached hydrogens (tertiary/aromatic N) is 1. The van der Waals surface area contributed by atoms with Crippen molar-refractivity contribution in [1.82, 2.24) is 4.98 Å².